The maximum Gasteiger partial charge on any atom is 0.0332 e. The van der Waals surface area contributed by atoms with Crippen molar-refractivity contribution in [3.63, 3.8) is 0 Å². The van der Waals surface area contributed by atoms with Crippen LogP contribution in [0.15, 0.2) is 23.9 Å². The molecule has 90 valence electrons. The van der Waals surface area contributed by atoms with Gasteiger partial charge in [0.15, 0.2) is 0 Å². The van der Waals surface area contributed by atoms with Crippen molar-refractivity contribution in [1.82, 2.24) is 10.2 Å². The van der Waals surface area contributed by atoms with E-state index in [1.807, 2.05) is 0 Å². The van der Waals surface area contributed by atoms with Crippen molar-refractivity contribution in [3.05, 3.63) is 23.9 Å². The van der Waals surface area contributed by atoms with E-state index in [1.54, 1.807) is 0 Å². The second kappa shape index (κ2) is 4.62. The highest BCUT2D eigenvalue weighted by molar-refractivity contribution is 5.22. The molecular formula is C14H24N2. The van der Waals surface area contributed by atoms with Crippen LogP contribution in [0.5, 0.6) is 0 Å². The first kappa shape index (κ1) is 11.7. The van der Waals surface area contributed by atoms with Gasteiger partial charge in [0.2, 0.25) is 0 Å². The van der Waals surface area contributed by atoms with Gasteiger partial charge in [-0.05, 0) is 46.1 Å². The lowest BCUT2D eigenvalue weighted by Gasteiger charge is -2.27. The van der Waals surface area contributed by atoms with Gasteiger partial charge in [-0.1, -0.05) is 12.2 Å². The van der Waals surface area contributed by atoms with Crippen LogP contribution in [0.25, 0.3) is 0 Å². The van der Waals surface area contributed by atoms with Crippen LogP contribution in [0.2, 0.25) is 0 Å². The lowest BCUT2D eigenvalue weighted by Crippen LogP contribution is -2.44. The zero-order chi connectivity index (χ0) is 11.6. The minimum atomic E-state index is 0.234. The van der Waals surface area contributed by atoms with Crippen LogP contribution in [0.4, 0.5) is 0 Å². The van der Waals surface area contributed by atoms with E-state index >= 15 is 0 Å². The van der Waals surface area contributed by atoms with Crippen molar-refractivity contribution in [2.75, 3.05) is 13.1 Å². The molecular weight excluding hydrogens is 196 g/mol. The molecule has 1 saturated heterocycles. The van der Waals surface area contributed by atoms with E-state index in [2.05, 4.69) is 49.2 Å². The Bertz CT molecular complexity index is 296. The van der Waals surface area contributed by atoms with Gasteiger partial charge in [0.25, 0.3) is 0 Å². The quantitative estimate of drug-likeness (QED) is 0.769. The van der Waals surface area contributed by atoms with Crippen molar-refractivity contribution in [1.29, 1.82) is 0 Å². The average molecular weight is 220 g/mol. The zero-order valence-electron chi connectivity index (χ0n) is 10.8. The summed E-state index contributed by atoms with van der Waals surface area (Å²) in [5, 5.41) is 3.69. The van der Waals surface area contributed by atoms with E-state index in [9.17, 15) is 0 Å². The Morgan fingerprint density at radius 3 is 2.75 bits per heavy atom. The summed E-state index contributed by atoms with van der Waals surface area (Å²) in [7, 11) is 0. The molecule has 1 heterocycles. The molecule has 1 atom stereocenters. The SMILES string of the molecule is CC(C)(C)NC1CCN(C2=CCCC=C2)C1. The summed E-state index contributed by atoms with van der Waals surface area (Å²) >= 11 is 0. The van der Waals surface area contributed by atoms with Crippen LogP contribution in [0.3, 0.4) is 0 Å². The first-order chi connectivity index (χ1) is 7.54. The monoisotopic (exact) mass is 220 g/mol. The van der Waals surface area contributed by atoms with E-state index in [0.29, 0.717) is 6.04 Å². The molecule has 0 bridgehead atoms. The first-order valence-corrected chi connectivity index (χ1v) is 6.44. The first-order valence-electron chi connectivity index (χ1n) is 6.44. The largest absolute Gasteiger partial charge is 0.370 e. The van der Waals surface area contributed by atoms with Gasteiger partial charge in [-0.2, -0.15) is 0 Å². The fourth-order valence-electron chi connectivity index (χ4n) is 2.56. The van der Waals surface area contributed by atoms with Crippen LogP contribution in [-0.4, -0.2) is 29.6 Å². The molecule has 0 aromatic carbocycles. The maximum absolute atomic E-state index is 3.69. The Morgan fingerprint density at radius 2 is 2.12 bits per heavy atom. The number of hydrogen-bond acceptors (Lipinski definition) is 2. The molecule has 0 saturated carbocycles. The van der Waals surface area contributed by atoms with E-state index in [4.69, 9.17) is 0 Å². The fraction of sp³-hybridized carbons (Fsp3) is 0.714. The molecule has 0 amide bonds. The number of rotatable bonds is 2. The molecule has 0 spiro atoms. The minimum Gasteiger partial charge on any atom is -0.370 e. The van der Waals surface area contributed by atoms with Crippen LogP contribution < -0.4 is 5.32 Å². The number of nitrogens with zero attached hydrogens (tertiary/aromatic N) is 1. The number of likely N-dealkylation sites (tertiary alicyclic amines) is 1. The van der Waals surface area contributed by atoms with Crippen LogP contribution in [0.1, 0.15) is 40.0 Å². The number of hydrogen-bond donors (Lipinski definition) is 1. The third-order valence-electron chi connectivity index (χ3n) is 3.17. The van der Waals surface area contributed by atoms with Gasteiger partial charge in [-0.15, -0.1) is 0 Å². The molecule has 2 rings (SSSR count). The topological polar surface area (TPSA) is 15.3 Å². The summed E-state index contributed by atoms with van der Waals surface area (Å²) in [5.74, 6) is 0. The van der Waals surface area contributed by atoms with Crippen molar-refractivity contribution >= 4 is 0 Å². The molecule has 2 nitrogen and oxygen atoms in total. The van der Waals surface area contributed by atoms with Crippen molar-refractivity contribution < 1.29 is 0 Å². The number of allylic oxidation sites excluding steroid dienone is 3. The summed E-state index contributed by atoms with van der Waals surface area (Å²) < 4.78 is 0. The second-order valence-electron chi connectivity index (χ2n) is 5.93. The van der Waals surface area contributed by atoms with Gasteiger partial charge in [0.1, 0.15) is 0 Å². The highest BCUT2D eigenvalue weighted by Gasteiger charge is 2.26. The lowest BCUT2D eigenvalue weighted by atomic mass is 10.1. The molecule has 1 aliphatic heterocycles. The standard InChI is InChI=1S/C14H24N2/c1-14(2,3)15-12-9-10-16(11-12)13-7-5-4-6-8-13/h5,7-8,12,15H,4,6,9-11H2,1-3H3. The summed E-state index contributed by atoms with van der Waals surface area (Å²) in [6, 6.07) is 0.649. The summed E-state index contributed by atoms with van der Waals surface area (Å²) in [4.78, 5) is 2.51. The molecule has 1 fully saturated rings. The van der Waals surface area contributed by atoms with Crippen LogP contribution in [0, 0.1) is 0 Å². The van der Waals surface area contributed by atoms with Crippen molar-refractivity contribution in [2.45, 2.75) is 51.6 Å². The number of nitrogens with one attached hydrogen (secondary N) is 1. The molecule has 0 aromatic rings. The highest BCUT2D eigenvalue weighted by atomic mass is 15.2. The van der Waals surface area contributed by atoms with Gasteiger partial charge in [0, 0.05) is 30.4 Å². The minimum absolute atomic E-state index is 0.234. The zero-order valence-corrected chi connectivity index (χ0v) is 10.8. The molecule has 1 unspecified atom stereocenters. The normalized spacial score (nSPS) is 26.1. The van der Waals surface area contributed by atoms with Crippen molar-refractivity contribution in [2.24, 2.45) is 0 Å². The molecule has 1 N–H and O–H groups in total. The molecule has 1 aliphatic carbocycles. The van der Waals surface area contributed by atoms with E-state index in [-0.39, 0.29) is 5.54 Å². The molecule has 2 aliphatic rings. The predicted molar refractivity (Wildman–Crippen MR) is 69.3 cm³/mol. The van der Waals surface area contributed by atoms with Crippen LogP contribution in [-0.2, 0) is 0 Å². The third kappa shape index (κ3) is 3.11. The average Bonchev–Trinajstić information content (AvgIpc) is 2.65. The Hall–Kier alpha value is -0.760. The Balaban J connectivity index is 1.88. The fourth-order valence-corrected chi connectivity index (χ4v) is 2.56. The van der Waals surface area contributed by atoms with E-state index in [0.717, 1.165) is 6.54 Å². The Morgan fingerprint density at radius 1 is 1.31 bits per heavy atom. The third-order valence-corrected chi connectivity index (χ3v) is 3.17. The molecule has 2 heteroatoms. The maximum atomic E-state index is 3.69. The Labute approximate surface area is 99.4 Å². The predicted octanol–water partition coefficient (Wildman–Crippen LogP) is 2.68. The molecule has 16 heavy (non-hydrogen) atoms. The van der Waals surface area contributed by atoms with E-state index in [1.165, 1.54) is 31.5 Å². The van der Waals surface area contributed by atoms with E-state index < -0.39 is 0 Å². The smallest absolute Gasteiger partial charge is 0.0332 e. The summed E-state index contributed by atoms with van der Waals surface area (Å²) in [5.41, 5.74) is 1.67. The summed E-state index contributed by atoms with van der Waals surface area (Å²) in [6.45, 7) is 9.09. The second-order valence-corrected chi connectivity index (χ2v) is 5.93. The van der Waals surface area contributed by atoms with Gasteiger partial charge in [-0.25, -0.2) is 0 Å². The summed E-state index contributed by atoms with van der Waals surface area (Å²) in [6.07, 6.45) is 10.6. The van der Waals surface area contributed by atoms with Gasteiger partial charge < -0.3 is 10.2 Å². The van der Waals surface area contributed by atoms with Crippen LogP contribution >= 0.6 is 0 Å². The van der Waals surface area contributed by atoms with Gasteiger partial charge >= 0.3 is 0 Å². The van der Waals surface area contributed by atoms with Gasteiger partial charge in [-0.3, -0.25) is 0 Å². The lowest BCUT2D eigenvalue weighted by molar-refractivity contribution is 0.348. The molecule has 0 aromatic heterocycles. The van der Waals surface area contributed by atoms with Crippen molar-refractivity contribution in [3.8, 4) is 0 Å². The van der Waals surface area contributed by atoms with Gasteiger partial charge in [0.05, 0.1) is 0 Å². The highest BCUT2D eigenvalue weighted by Crippen LogP contribution is 2.21. The Kier molecular flexibility index (Phi) is 3.38. The molecule has 0 radical (unpaired) electrons.